The molecule has 0 radical (unpaired) electrons. The average Bonchev–Trinajstić information content (AvgIpc) is 2.40. The number of anilines is 1. The van der Waals surface area contributed by atoms with Crippen molar-refractivity contribution in [1.29, 1.82) is 0 Å². The van der Waals surface area contributed by atoms with Gasteiger partial charge in [0, 0.05) is 25.3 Å². The quantitative estimate of drug-likeness (QED) is 0.825. The summed E-state index contributed by atoms with van der Waals surface area (Å²) in [5.41, 5.74) is 9.79. The van der Waals surface area contributed by atoms with E-state index in [4.69, 9.17) is 5.73 Å². The van der Waals surface area contributed by atoms with Gasteiger partial charge in [0.15, 0.2) is 0 Å². The highest BCUT2D eigenvalue weighted by molar-refractivity contribution is 5.55. The van der Waals surface area contributed by atoms with E-state index in [2.05, 4.69) is 42.2 Å². The maximum absolute atomic E-state index is 5.58. The van der Waals surface area contributed by atoms with Crippen molar-refractivity contribution in [3.8, 4) is 0 Å². The van der Waals surface area contributed by atoms with Crippen LogP contribution in [0.1, 0.15) is 31.7 Å². The van der Waals surface area contributed by atoms with Crippen LogP contribution in [0.5, 0.6) is 0 Å². The Bertz CT molecular complexity index is 403. The standard InChI is InChI=1S/C16H24N2/c1-14(9-10-17)13-15-7-3-4-8-16(15)18-11-5-2-6-12-18/h3-4,7-9H,2,5-6,10-13,17H2,1H3. The zero-order valence-corrected chi connectivity index (χ0v) is 11.4. The molecule has 1 aliphatic heterocycles. The number of nitrogens with zero attached hydrogens (tertiary/aromatic N) is 1. The molecule has 0 spiro atoms. The molecule has 0 aliphatic carbocycles. The molecule has 0 aromatic heterocycles. The van der Waals surface area contributed by atoms with Crippen LogP contribution in [0.15, 0.2) is 35.9 Å². The van der Waals surface area contributed by atoms with Gasteiger partial charge in [0.05, 0.1) is 0 Å². The second-order valence-electron chi connectivity index (χ2n) is 5.14. The number of allylic oxidation sites excluding steroid dienone is 1. The maximum atomic E-state index is 5.58. The third kappa shape index (κ3) is 3.36. The van der Waals surface area contributed by atoms with Crippen molar-refractivity contribution in [2.45, 2.75) is 32.6 Å². The minimum absolute atomic E-state index is 0.637. The molecule has 1 aliphatic rings. The summed E-state index contributed by atoms with van der Waals surface area (Å²) in [5.74, 6) is 0. The van der Waals surface area contributed by atoms with E-state index in [0.29, 0.717) is 6.54 Å². The van der Waals surface area contributed by atoms with E-state index in [1.54, 1.807) is 0 Å². The van der Waals surface area contributed by atoms with Gasteiger partial charge in [-0.05, 0) is 44.2 Å². The largest absolute Gasteiger partial charge is 0.371 e. The average molecular weight is 244 g/mol. The molecule has 1 heterocycles. The van der Waals surface area contributed by atoms with Crippen LogP contribution in [0, 0.1) is 0 Å². The highest BCUT2D eigenvalue weighted by Crippen LogP contribution is 2.25. The number of benzene rings is 1. The molecule has 0 saturated carbocycles. The lowest BCUT2D eigenvalue weighted by molar-refractivity contribution is 0.576. The van der Waals surface area contributed by atoms with Crippen molar-refractivity contribution in [2.75, 3.05) is 24.5 Å². The van der Waals surface area contributed by atoms with E-state index in [-0.39, 0.29) is 0 Å². The van der Waals surface area contributed by atoms with E-state index in [1.165, 1.54) is 49.2 Å². The highest BCUT2D eigenvalue weighted by atomic mass is 15.1. The van der Waals surface area contributed by atoms with Crippen LogP contribution in [0.4, 0.5) is 5.69 Å². The molecule has 1 saturated heterocycles. The summed E-state index contributed by atoms with van der Waals surface area (Å²) in [6.07, 6.45) is 7.17. The minimum Gasteiger partial charge on any atom is -0.371 e. The van der Waals surface area contributed by atoms with Crippen molar-refractivity contribution >= 4 is 5.69 Å². The number of hydrogen-bond donors (Lipinski definition) is 1. The summed E-state index contributed by atoms with van der Waals surface area (Å²) in [5, 5.41) is 0. The molecule has 2 N–H and O–H groups in total. The zero-order valence-electron chi connectivity index (χ0n) is 11.4. The summed E-state index contributed by atoms with van der Waals surface area (Å²) >= 11 is 0. The number of hydrogen-bond acceptors (Lipinski definition) is 2. The van der Waals surface area contributed by atoms with Crippen LogP contribution in [0.25, 0.3) is 0 Å². The van der Waals surface area contributed by atoms with E-state index >= 15 is 0 Å². The molecule has 1 aromatic rings. The number of para-hydroxylation sites is 1. The van der Waals surface area contributed by atoms with Gasteiger partial charge < -0.3 is 10.6 Å². The van der Waals surface area contributed by atoms with Crippen LogP contribution in [-0.2, 0) is 6.42 Å². The predicted molar refractivity (Wildman–Crippen MR) is 79.0 cm³/mol. The van der Waals surface area contributed by atoms with Crippen molar-refractivity contribution in [3.05, 3.63) is 41.5 Å². The van der Waals surface area contributed by atoms with E-state index in [9.17, 15) is 0 Å². The summed E-state index contributed by atoms with van der Waals surface area (Å²) in [4.78, 5) is 2.54. The first-order valence-electron chi connectivity index (χ1n) is 7.00. The van der Waals surface area contributed by atoms with E-state index in [0.717, 1.165) is 6.42 Å². The van der Waals surface area contributed by atoms with E-state index < -0.39 is 0 Å². The SMILES string of the molecule is CC(=CCN)Cc1ccccc1N1CCCCC1. The van der Waals surface area contributed by atoms with Gasteiger partial charge in [0.25, 0.3) is 0 Å². The fourth-order valence-electron chi connectivity index (χ4n) is 2.68. The monoisotopic (exact) mass is 244 g/mol. The van der Waals surface area contributed by atoms with Crippen molar-refractivity contribution < 1.29 is 0 Å². The molecule has 18 heavy (non-hydrogen) atoms. The second-order valence-corrected chi connectivity index (χ2v) is 5.14. The molecule has 1 fully saturated rings. The van der Waals surface area contributed by atoms with Crippen LogP contribution in [0.2, 0.25) is 0 Å². The lowest BCUT2D eigenvalue weighted by Crippen LogP contribution is -2.30. The number of piperidine rings is 1. The molecule has 0 unspecified atom stereocenters. The van der Waals surface area contributed by atoms with Crippen LogP contribution < -0.4 is 10.6 Å². The lowest BCUT2D eigenvalue weighted by atomic mass is 10.0. The minimum atomic E-state index is 0.637. The van der Waals surface area contributed by atoms with Gasteiger partial charge in [-0.25, -0.2) is 0 Å². The number of rotatable bonds is 4. The Morgan fingerprint density at radius 3 is 2.67 bits per heavy atom. The van der Waals surface area contributed by atoms with Gasteiger partial charge in [-0.2, -0.15) is 0 Å². The van der Waals surface area contributed by atoms with Crippen LogP contribution in [-0.4, -0.2) is 19.6 Å². The smallest absolute Gasteiger partial charge is 0.0402 e. The first-order valence-corrected chi connectivity index (χ1v) is 7.00. The lowest BCUT2D eigenvalue weighted by Gasteiger charge is -2.30. The molecule has 2 rings (SSSR count). The van der Waals surface area contributed by atoms with E-state index in [1.807, 2.05) is 0 Å². The summed E-state index contributed by atoms with van der Waals surface area (Å²) in [7, 11) is 0. The van der Waals surface area contributed by atoms with Crippen molar-refractivity contribution in [2.24, 2.45) is 5.73 Å². The maximum Gasteiger partial charge on any atom is 0.0402 e. The molecule has 2 heteroatoms. The Morgan fingerprint density at radius 1 is 1.22 bits per heavy atom. The molecule has 0 bridgehead atoms. The van der Waals surface area contributed by atoms with Crippen molar-refractivity contribution in [3.63, 3.8) is 0 Å². The van der Waals surface area contributed by atoms with Gasteiger partial charge in [0.2, 0.25) is 0 Å². The fourth-order valence-corrected chi connectivity index (χ4v) is 2.68. The Balaban J connectivity index is 2.16. The summed E-state index contributed by atoms with van der Waals surface area (Å²) < 4.78 is 0. The first-order chi connectivity index (χ1) is 8.81. The molecule has 1 aromatic carbocycles. The predicted octanol–water partition coefficient (Wildman–Crippen LogP) is 3.12. The van der Waals surface area contributed by atoms with Gasteiger partial charge in [-0.15, -0.1) is 0 Å². The van der Waals surface area contributed by atoms with Gasteiger partial charge in [-0.3, -0.25) is 0 Å². The Kier molecular flexibility index (Phi) is 4.82. The van der Waals surface area contributed by atoms with Gasteiger partial charge >= 0.3 is 0 Å². The summed E-state index contributed by atoms with van der Waals surface area (Å²) in [6.45, 7) is 5.21. The second kappa shape index (κ2) is 6.60. The fraction of sp³-hybridized carbons (Fsp3) is 0.500. The zero-order chi connectivity index (χ0) is 12.8. The number of nitrogens with two attached hydrogens (primary N) is 1. The third-order valence-corrected chi connectivity index (χ3v) is 3.62. The Hall–Kier alpha value is -1.28. The molecule has 2 nitrogen and oxygen atoms in total. The molecular formula is C16H24N2. The Morgan fingerprint density at radius 2 is 1.94 bits per heavy atom. The third-order valence-electron chi connectivity index (χ3n) is 3.62. The molecular weight excluding hydrogens is 220 g/mol. The van der Waals surface area contributed by atoms with Gasteiger partial charge in [-0.1, -0.05) is 29.8 Å². The molecule has 0 atom stereocenters. The highest BCUT2D eigenvalue weighted by Gasteiger charge is 2.13. The molecule has 0 amide bonds. The van der Waals surface area contributed by atoms with Crippen LogP contribution in [0.3, 0.4) is 0 Å². The molecule has 98 valence electrons. The first kappa shape index (κ1) is 13.2. The van der Waals surface area contributed by atoms with Crippen molar-refractivity contribution in [1.82, 2.24) is 0 Å². The topological polar surface area (TPSA) is 29.3 Å². The van der Waals surface area contributed by atoms with Gasteiger partial charge in [0.1, 0.15) is 0 Å². The Labute approximate surface area is 110 Å². The summed E-state index contributed by atoms with van der Waals surface area (Å²) in [6, 6.07) is 8.79. The normalized spacial score (nSPS) is 17.0. The van der Waals surface area contributed by atoms with Crippen LogP contribution >= 0.6 is 0 Å².